The number of hydroxylamine groups is 6. The van der Waals surface area contributed by atoms with E-state index in [0.29, 0.717) is 86.0 Å². The molecule has 184 valence electrons. The van der Waals surface area contributed by atoms with Gasteiger partial charge in [0.15, 0.2) is 11.6 Å². The van der Waals surface area contributed by atoms with E-state index in [2.05, 4.69) is 10.6 Å². The van der Waals surface area contributed by atoms with Crippen LogP contribution >= 0.6 is 0 Å². The summed E-state index contributed by atoms with van der Waals surface area (Å²) in [6.07, 6.45) is 0. The van der Waals surface area contributed by atoms with E-state index in [1.54, 1.807) is 36.4 Å². The van der Waals surface area contributed by atoms with E-state index in [1.165, 1.54) is 0 Å². The first-order valence-corrected chi connectivity index (χ1v) is 12.2. The molecule has 1 aliphatic rings. The lowest BCUT2D eigenvalue weighted by atomic mass is 9.82. The Balaban J connectivity index is 1.94. The highest BCUT2D eigenvalue weighted by Gasteiger charge is 2.34. The molecule has 0 fully saturated rings. The minimum atomic E-state index is -0.325. The Hall–Kier alpha value is -2.78. The molecule has 0 saturated carbocycles. The lowest BCUT2D eigenvalue weighted by molar-refractivity contribution is -0.875. The predicted molar refractivity (Wildman–Crippen MR) is 136 cm³/mol. The molecule has 8 heteroatoms. The van der Waals surface area contributed by atoms with Crippen molar-refractivity contribution in [2.75, 3.05) is 63.0 Å². The number of ketones is 2. The number of hydrogen-bond donors (Lipinski definition) is 2. The summed E-state index contributed by atoms with van der Waals surface area (Å²) in [4.78, 5) is 27.0. The van der Waals surface area contributed by atoms with Crippen molar-refractivity contribution in [1.82, 2.24) is 0 Å². The normalized spacial score (nSPS) is 13.5. The van der Waals surface area contributed by atoms with E-state index in [-0.39, 0.29) is 20.9 Å². The van der Waals surface area contributed by atoms with Gasteiger partial charge in [0, 0.05) is 22.5 Å². The highest BCUT2D eigenvalue weighted by atomic mass is 16.5. The minimum absolute atomic E-state index is 0.221. The highest BCUT2D eigenvalue weighted by Crippen LogP contribution is 2.36. The van der Waals surface area contributed by atoms with E-state index in [1.807, 2.05) is 27.7 Å². The second-order valence-electron chi connectivity index (χ2n) is 8.80. The first kappa shape index (κ1) is 25.8. The van der Waals surface area contributed by atoms with Gasteiger partial charge in [-0.2, -0.15) is 0 Å². The van der Waals surface area contributed by atoms with Crippen LogP contribution in [0.1, 0.15) is 59.5 Å². The molecule has 0 unspecified atom stereocenters. The Morgan fingerprint density at radius 1 is 0.647 bits per heavy atom. The van der Waals surface area contributed by atoms with E-state index >= 15 is 0 Å². The van der Waals surface area contributed by atoms with Gasteiger partial charge in [-0.15, -0.1) is 0 Å². The molecule has 0 bridgehead atoms. The number of carbonyl (C=O) groups is 2. The van der Waals surface area contributed by atoms with Crippen molar-refractivity contribution in [3.8, 4) is 0 Å². The largest absolute Gasteiger partial charge is 0.633 e. The van der Waals surface area contributed by atoms with Crippen molar-refractivity contribution in [2.24, 2.45) is 0 Å². The summed E-state index contributed by atoms with van der Waals surface area (Å²) in [6, 6.07) is 10.4. The summed E-state index contributed by atoms with van der Waals surface area (Å²) in [7, 11) is 0. The highest BCUT2D eigenvalue weighted by molar-refractivity contribution is 6.31. The molecule has 1 aliphatic carbocycles. The fourth-order valence-electron chi connectivity index (χ4n) is 4.39. The molecule has 0 aromatic heterocycles. The van der Waals surface area contributed by atoms with E-state index in [0.717, 1.165) is 0 Å². The summed E-state index contributed by atoms with van der Waals surface area (Å²) >= 11 is 0. The zero-order valence-electron chi connectivity index (χ0n) is 20.6. The maximum Gasteiger partial charge on any atom is 0.196 e. The molecule has 3 rings (SSSR count). The topological polar surface area (TPSA) is 104 Å². The summed E-state index contributed by atoms with van der Waals surface area (Å²) in [5.74, 6) is -0.442. The Morgan fingerprint density at radius 3 is 1.32 bits per heavy atom. The number of likely N-dealkylation sites (N-methyl/N-ethyl adjacent to an activating group) is 2. The Morgan fingerprint density at radius 2 is 1.00 bits per heavy atom. The van der Waals surface area contributed by atoms with Crippen LogP contribution < -0.4 is 10.6 Å². The summed E-state index contributed by atoms with van der Waals surface area (Å²) in [6.45, 7) is 10.8. The van der Waals surface area contributed by atoms with Gasteiger partial charge in [-0.25, -0.2) is 0 Å². The zero-order chi connectivity index (χ0) is 24.9. The molecule has 0 aliphatic heterocycles. The average molecular weight is 469 g/mol. The van der Waals surface area contributed by atoms with Crippen LogP contribution in [0.25, 0.3) is 0 Å². The van der Waals surface area contributed by atoms with Gasteiger partial charge < -0.3 is 30.3 Å². The summed E-state index contributed by atoms with van der Waals surface area (Å²) in [5.41, 5.74) is 2.48. The van der Waals surface area contributed by atoms with Gasteiger partial charge in [0.05, 0.1) is 63.5 Å². The van der Waals surface area contributed by atoms with Gasteiger partial charge >= 0.3 is 0 Å². The second-order valence-corrected chi connectivity index (χ2v) is 8.80. The van der Waals surface area contributed by atoms with Gasteiger partial charge in [0.25, 0.3) is 0 Å². The van der Waals surface area contributed by atoms with Crippen LogP contribution in [0.15, 0.2) is 36.4 Å². The third kappa shape index (κ3) is 5.15. The fraction of sp³-hybridized carbons (Fsp3) is 0.462. The number of nitrogens with zero attached hydrogens (tertiary/aromatic N) is 2. The Bertz CT molecular complexity index is 963. The third-order valence-electron chi connectivity index (χ3n) is 7.05. The van der Waals surface area contributed by atoms with Crippen molar-refractivity contribution in [3.05, 3.63) is 69.1 Å². The molecule has 2 aromatic carbocycles. The molecule has 34 heavy (non-hydrogen) atoms. The zero-order valence-corrected chi connectivity index (χ0v) is 20.6. The maximum atomic E-state index is 13.5. The standard InChI is InChI=1S/C26H36N4O4/c1-5-29(33,6-2)17-15-27-21-13-14-22(28-16-18-30(34,7-3)8-4)24-23(21)25(31)19-11-9-10-12-20(19)26(24)32/h9-14,27-28H,5-8,15-18H2,1-4H3. The number of rotatable bonds is 12. The van der Waals surface area contributed by atoms with Crippen molar-refractivity contribution in [2.45, 2.75) is 27.7 Å². The number of quaternary nitrogens is 2. The molecule has 2 N–H and O–H groups in total. The van der Waals surface area contributed by atoms with Crippen LogP contribution in [0.4, 0.5) is 11.4 Å². The summed E-state index contributed by atoms with van der Waals surface area (Å²) in [5, 5.41) is 31.8. The Kier molecular flexibility index (Phi) is 8.09. The van der Waals surface area contributed by atoms with Crippen molar-refractivity contribution < 1.29 is 18.9 Å². The molecule has 0 saturated heterocycles. The van der Waals surface area contributed by atoms with Crippen LogP contribution in [0, 0.1) is 10.4 Å². The monoisotopic (exact) mass is 468 g/mol. The minimum Gasteiger partial charge on any atom is -0.633 e. The third-order valence-corrected chi connectivity index (χ3v) is 7.05. The quantitative estimate of drug-likeness (QED) is 0.308. The molecule has 0 radical (unpaired) electrons. The van der Waals surface area contributed by atoms with E-state index in [9.17, 15) is 20.0 Å². The lowest BCUT2D eigenvalue weighted by Crippen LogP contribution is -2.45. The van der Waals surface area contributed by atoms with Gasteiger partial charge in [-0.05, 0) is 39.8 Å². The molecular weight excluding hydrogens is 432 g/mol. The van der Waals surface area contributed by atoms with Crippen LogP contribution in [-0.2, 0) is 0 Å². The molecule has 0 spiro atoms. The van der Waals surface area contributed by atoms with E-state index < -0.39 is 0 Å². The SMILES string of the molecule is CC[N+]([O-])(CC)CCNc1ccc(NCC[N+]([O-])(CC)CC)c2c1C(=O)c1ccccc1C2=O. The second kappa shape index (κ2) is 10.7. The van der Waals surface area contributed by atoms with Crippen molar-refractivity contribution in [1.29, 1.82) is 0 Å². The number of anilines is 2. The molecule has 0 atom stereocenters. The molecule has 8 nitrogen and oxygen atoms in total. The molecule has 0 amide bonds. The summed E-state index contributed by atoms with van der Waals surface area (Å²) < 4.78 is -0.650. The molecule has 0 heterocycles. The molecule has 2 aromatic rings. The average Bonchev–Trinajstić information content (AvgIpc) is 2.87. The molecular formula is C26H36N4O4. The number of nitrogens with one attached hydrogen (secondary N) is 2. The van der Waals surface area contributed by atoms with E-state index in [4.69, 9.17) is 0 Å². The van der Waals surface area contributed by atoms with Crippen LogP contribution in [-0.4, -0.2) is 73.2 Å². The van der Waals surface area contributed by atoms with Crippen LogP contribution in [0.3, 0.4) is 0 Å². The van der Waals surface area contributed by atoms with Gasteiger partial charge in [0.2, 0.25) is 0 Å². The lowest BCUT2D eigenvalue weighted by Gasteiger charge is -2.41. The van der Waals surface area contributed by atoms with Gasteiger partial charge in [0.1, 0.15) is 0 Å². The van der Waals surface area contributed by atoms with Crippen molar-refractivity contribution >= 4 is 22.9 Å². The Labute approximate surface area is 201 Å². The smallest absolute Gasteiger partial charge is 0.196 e. The number of benzene rings is 2. The number of fused-ring (bicyclic) bond motifs is 2. The maximum absolute atomic E-state index is 13.5. The number of carbonyl (C=O) groups excluding carboxylic acids is 2. The number of hydrogen-bond acceptors (Lipinski definition) is 6. The first-order valence-electron chi connectivity index (χ1n) is 12.2. The fourth-order valence-corrected chi connectivity index (χ4v) is 4.39. The van der Waals surface area contributed by atoms with Crippen molar-refractivity contribution in [3.63, 3.8) is 0 Å². The predicted octanol–water partition coefficient (Wildman–Crippen LogP) is 3.99. The van der Waals surface area contributed by atoms with Crippen LogP contribution in [0.5, 0.6) is 0 Å². The van der Waals surface area contributed by atoms with Crippen LogP contribution in [0.2, 0.25) is 0 Å². The first-order chi connectivity index (χ1) is 16.2. The van der Waals surface area contributed by atoms with Gasteiger partial charge in [-0.3, -0.25) is 9.59 Å². The van der Waals surface area contributed by atoms with Gasteiger partial charge in [-0.1, -0.05) is 24.3 Å².